The first-order valence-electron chi connectivity index (χ1n) is 11.1. The minimum absolute atomic E-state index is 0.0932. The summed E-state index contributed by atoms with van der Waals surface area (Å²) >= 11 is -1.76. The number of aromatic nitrogens is 2. The molecular formula is C25H30F5N3OS. The summed E-state index contributed by atoms with van der Waals surface area (Å²) in [5.41, 5.74) is -0.320. The van der Waals surface area contributed by atoms with Gasteiger partial charge in [-0.15, -0.1) is 4.72 Å². The Hall–Kier alpha value is -2.17. The molecule has 0 saturated carbocycles. The van der Waals surface area contributed by atoms with Crippen LogP contribution in [0.25, 0.3) is 22.0 Å². The number of hydrogen-bond acceptors (Lipinski definition) is 3. The lowest BCUT2D eigenvalue weighted by Crippen LogP contribution is -2.43. The number of hydrogen-bond donors (Lipinski definition) is 1. The molecule has 0 aliphatic carbocycles. The monoisotopic (exact) mass is 515 g/mol. The molecule has 1 N–H and O–H groups in total. The van der Waals surface area contributed by atoms with E-state index < -0.39 is 40.4 Å². The van der Waals surface area contributed by atoms with Crippen molar-refractivity contribution in [2.75, 3.05) is 0 Å². The van der Waals surface area contributed by atoms with Gasteiger partial charge in [-0.2, -0.15) is 13.2 Å². The van der Waals surface area contributed by atoms with Crippen LogP contribution in [0.4, 0.5) is 22.0 Å². The van der Waals surface area contributed by atoms with Crippen LogP contribution < -0.4 is 4.72 Å². The summed E-state index contributed by atoms with van der Waals surface area (Å²) in [6.45, 7) is 11.4. The van der Waals surface area contributed by atoms with Gasteiger partial charge in [0.2, 0.25) is 0 Å². The van der Waals surface area contributed by atoms with Gasteiger partial charge in [0.25, 0.3) is 6.43 Å². The maximum Gasteiger partial charge on any atom is 0.433 e. The Morgan fingerprint density at radius 1 is 1.06 bits per heavy atom. The third kappa shape index (κ3) is 6.34. The average Bonchev–Trinajstić information content (AvgIpc) is 3.06. The second kappa shape index (κ2) is 9.71. The van der Waals surface area contributed by atoms with Gasteiger partial charge < -0.3 is 9.12 Å². The summed E-state index contributed by atoms with van der Waals surface area (Å²) in [5, 5.41) is 0.458. The van der Waals surface area contributed by atoms with E-state index in [0.717, 1.165) is 6.20 Å². The molecule has 4 nitrogen and oxygen atoms in total. The van der Waals surface area contributed by atoms with Crippen molar-refractivity contribution in [3.63, 3.8) is 0 Å². The van der Waals surface area contributed by atoms with E-state index in [1.54, 1.807) is 43.7 Å². The van der Waals surface area contributed by atoms with Crippen LogP contribution in [0.5, 0.6) is 0 Å². The van der Waals surface area contributed by atoms with Gasteiger partial charge in [0.1, 0.15) is 10.8 Å². The molecular weight excluding hydrogens is 485 g/mol. The van der Waals surface area contributed by atoms with Crippen molar-refractivity contribution in [2.45, 2.75) is 71.5 Å². The number of nitrogens with zero attached hydrogens (tertiary/aromatic N) is 2. The minimum atomic E-state index is -4.65. The van der Waals surface area contributed by atoms with Crippen LogP contribution >= 0.6 is 0 Å². The zero-order valence-electron chi connectivity index (χ0n) is 20.5. The topological polar surface area (TPSA) is 52.9 Å². The summed E-state index contributed by atoms with van der Waals surface area (Å²) in [6, 6.07) is 5.83. The van der Waals surface area contributed by atoms with Gasteiger partial charge in [-0.3, -0.25) is 4.98 Å². The molecule has 0 amide bonds. The van der Waals surface area contributed by atoms with E-state index in [9.17, 15) is 26.5 Å². The molecule has 192 valence electrons. The number of nitrogens with one attached hydrogen (secondary N) is 1. The molecule has 2 aromatic heterocycles. The Labute approximate surface area is 205 Å². The zero-order chi connectivity index (χ0) is 26.3. The number of pyridine rings is 1. The Morgan fingerprint density at radius 2 is 1.71 bits per heavy atom. The first-order chi connectivity index (χ1) is 16.0. The molecule has 35 heavy (non-hydrogen) atoms. The van der Waals surface area contributed by atoms with Crippen molar-refractivity contribution in [1.29, 1.82) is 0 Å². The van der Waals surface area contributed by atoms with E-state index in [-0.39, 0.29) is 22.1 Å². The smallest absolute Gasteiger partial charge is 0.433 e. The second-order valence-electron chi connectivity index (χ2n) is 10.7. The van der Waals surface area contributed by atoms with E-state index >= 15 is 0 Å². The first-order valence-corrected chi connectivity index (χ1v) is 12.3. The standard InChI is InChI=1S/C25H30F5N3OS/c1-23(2,3)14-33-13-18(20(22(26)27)32-35(34)24(4,5)6)17-10-9-15(12-19(17)33)16-8-7-11-31-21(16)25(28,29)30/h7-13,20,22,32H,14H2,1-6H3. The Balaban J connectivity index is 2.21. The fourth-order valence-corrected chi connectivity index (χ4v) is 4.60. The Kier molecular flexibility index (Phi) is 7.60. The fraction of sp³-hybridized carbons (Fsp3) is 0.480. The van der Waals surface area contributed by atoms with Gasteiger partial charge >= 0.3 is 6.18 Å². The van der Waals surface area contributed by atoms with Gasteiger partial charge in [0, 0.05) is 52.3 Å². The Bertz CT molecular complexity index is 1180. The van der Waals surface area contributed by atoms with Crippen LogP contribution in [-0.2, 0) is 24.1 Å². The van der Waals surface area contributed by atoms with Crippen molar-refractivity contribution in [3.8, 4) is 11.1 Å². The first kappa shape index (κ1) is 27.4. The summed E-state index contributed by atoms with van der Waals surface area (Å²) in [7, 11) is 0. The number of alkyl halides is 5. The minimum Gasteiger partial charge on any atom is -0.598 e. The lowest BCUT2D eigenvalue weighted by Gasteiger charge is -2.27. The molecule has 2 unspecified atom stereocenters. The van der Waals surface area contributed by atoms with Gasteiger partial charge in [-0.25, -0.2) is 8.78 Å². The van der Waals surface area contributed by atoms with E-state index in [1.807, 2.05) is 20.8 Å². The zero-order valence-corrected chi connectivity index (χ0v) is 21.3. The predicted molar refractivity (Wildman–Crippen MR) is 129 cm³/mol. The maximum atomic E-state index is 14.2. The number of rotatable bonds is 6. The quantitative estimate of drug-likeness (QED) is 0.281. The van der Waals surface area contributed by atoms with Gasteiger partial charge in [-0.05, 0) is 43.9 Å². The molecule has 0 fully saturated rings. The highest BCUT2D eigenvalue weighted by Gasteiger charge is 2.37. The van der Waals surface area contributed by atoms with Crippen molar-refractivity contribution in [1.82, 2.24) is 14.3 Å². The number of halogens is 5. The van der Waals surface area contributed by atoms with Crippen molar-refractivity contribution in [3.05, 3.63) is 54.0 Å². The molecule has 3 aromatic rings. The Morgan fingerprint density at radius 3 is 2.26 bits per heavy atom. The number of benzene rings is 1. The lowest BCUT2D eigenvalue weighted by molar-refractivity contribution is -0.140. The highest BCUT2D eigenvalue weighted by Crippen LogP contribution is 2.39. The summed E-state index contributed by atoms with van der Waals surface area (Å²) < 4.78 is 85.3. The second-order valence-corrected chi connectivity index (χ2v) is 12.7. The van der Waals surface area contributed by atoms with Crippen LogP contribution in [0.2, 0.25) is 0 Å². The fourth-order valence-electron chi connectivity index (χ4n) is 3.78. The van der Waals surface area contributed by atoms with Gasteiger partial charge in [0.15, 0.2) is 5.69 Å². The summed E-state index contributed by atoms with van der Waals surface area (Å²) in [4.78, 5) is 3.53. The lowest BCUT2D eigenvalue weighted by atomic mass is 9.96. The van der Waals surface area contributed by atoms with E-state index in [2.05, 4.69) is 9.71 Å². The third-order valence-electron chi connectivity index (χ3n) is 5.32. The molecule has 3 rings (SSSR count). The van der Waals surface area contributed by atoms with E-state index in [4.69, 9.17) is 0 Å². The summed E-state index contributed by atoms with van der Waals surface area (Å²) in [6.07, 6.45) is -4.84. The average molecular weight is 516 g/mol. The molecule has 0 spiro atoms. The predicted octanol–water partition coefficient (Wildman–Crippen LogP) is 7.13. The molecule has 0 saturated heterocycles. The van der Waals surface area contributed by atoms with Crippen LogP contribution in [0, 0.1) is 5.41 Å². The van der Waals surface area contributed by atoms with Crippen LogP contribution in [0.3, 0.4) is 0 Å². The SMILES string of the molecule is CC(C)(C)Cn1cc(C(N[S+]([O-])C(C)(C)C)C(F)F)c2ccc(-c3cccnc3C(F)(F)F)cc21. The van der Waals surface area contributed by atoms with E-state index in [0.29, 0.717) is 17.4 Å². The third-order valence-corrected chi connectivity index (χ3v) is 6.90. The molecule has 2 heterocycles. The molecule has 1 aromatic carbocycles. The van der Waals surface area contributed by atoms with Crippen LogP contribution in [0.15, 0.2) is 42.7 Å². The number of fused-ring (bicyclic) bond motifs is 1. The molecule has 0 radical (unpaired) electrons. The molecule has 0 bridgehead atoms. The highest BCUT2D eigenvalue weighted by molar-refractivity contribution is 7.90. The van der Waals surface area contributed by atoms with Crippen LogP contribution in [0.1, 0.15) is 58.8 Å². The molecule has 2 atom stereocenters. The molecule has 0 aliphatic rings. The normalized spacial score (nSPS) is 15.1. The summed E-state index contributed by atoms with van der Waals surface area (Å²) in [5.74, 6) is 0. The molecule has 10 heteroatoms. The van der Waals surface area contributed by atoms with E-state index in [1.165, 1.54) is 18.2 Å². The van der Waals surface area contributed by atoms with Gasteiger partial charge in [-0.1, -0.05) is 39.0 Å². The highest BCUT2D eigenvalue weighted by atomic mass is 32.2. The van der Waals surface area contributed by atoms with Crippen molar-refractivity contribution in [2.24, 2.45) is 5.41 Å². The van der Waals surface area contributed by atoms with Gasteiger partial charge in [0.05, 0.1) is 0 Å². The van der Waals surface area contributed by atoms with Crippen molar-refractivity contribution < 1.29 is 26.5 Å². The van der Waals surface area contributed by atoms with Crippen molar-refractivity contribution >= 4 is 22.3 Å². The molecule has 0 aliphatic heterocycles. The van der Waals surface area contributed by atoms with Crippen LogP contribution in [-0.4, -0.2) is 25.3 Å². The maximum absolute atomic E-state index is 14.2. The largest absolute Gasteiger partial charge is 0.598 e.